The molecule has 7 heteroatoms. The highest BCUT2D eigenvalue weighted by atomic mass is 35.5. The molecule has 0 radical (unpaired) electrons. The van der Waals surface area contributed by atoms with Crippen LogP contribution in [-0.4, -0.2) is 28.9 Å². The number of hydrogen-bond acceptors (Lipinski definition) is 5. The zero-order valence-electron chi connectivity index (χ0n) is 12.2. The number of benzene rings is 2. The lowest BCUT2D eigenvalue weighted by atomic mass is 10.0. The minimum atomic E-state index is -0.429. The number of hydrogen-bond donors (Lipinski definition) is 1. The van der Waals surface area contributed by atoms with Gasteiger partial charge in [0.1, 0.15) is 17.6 Å². The van der Waals surface area contributed by atoms with Gasteiger partial charge >= 0.3 is 0 Å². The van der Waals surface area contributed by atoms with Crippen molar-refractivity contribution in [3.8, 4) is 6.07 Å². The van der Waals surface area contributed by atoms with E-state index in [2.05, 4.69) is 15.1 Å². The Morgan fingerprint density at radius 3 is 2.75 bits per heavy atom. The minimum Gasteiger partial charge on any atom is -0.410 e. The van der Waals surface area contributed by atoms with Crippen LogP contribution in [0.3, 0.4) is 0 Å². The summed E-state index contributed by atoms with van der Waals surface area (Å²) in [5, 5.41) is 21.4. The summed E-state index contributed by atoms with van der Waals surface area (Å²) in [6, 6.07) is 12.9. The van der Waals surface area contributed by atoms with Gasteiger partial charge in [-0.05, 0) is 30.3 Å². The lowest BCUT2D eigenvalue weighted by molar-refractivity contribution is 0.321. The van der Waals surface area contributed by atoms with Crippen molar-refractivity contribution in [1.82, 2.24) is 0 Å². The molecule has 1 aliphatic rings. The van der Waals surface area contributed by atoms with Gasteiger partial charge in [-0.1, -0.05) is 28.9 Å². The molecule has 24 heavy (non-hydrogen) atoms. The van der Waals surface area contributed by atoms with E-state index >= 15 is 0 Å². The SMILES string of the molecule is N#C/C(=N/O)C1=Nc2ccc(Cl)cc2C(c2ccccc2F)=NC1. The summed E-state index contributed by atoms with van der Waals surface area (Å²) in [5.41, 5.74) is 1.63. The molecule has 2 aromatic carbocycles. The van der Waals surface area contributed by atoms with Gasteiger partial charge in [0.05, 0.1) is 17.9 Å². The van der Waals surface area contributed by atoms with Gasteiger partial charge in [0.25, 0.3) is 0 Å². The van der Waals surface area contributed by atoms with Crippen LogP contribution in [0, 0.1) is 17.1 Å². The van der Waals surface area contributed by atoms with Gasteiger partial charge in [-0.3, -0.25) is 4.99 Å². The van der Waals surface area contributed by atoms with Gasteiger partial charge in [0, 0.05) is 16.1 Å². The minimum absolute atomic E-state index is 0.0249. The molecular weight excluding hydrogens is 331 g/mol. The number of nitriles is 1. The second-order valence-corrected chi connectivity index (χ2v) is 5.36. The van der Waals surface area contributed by atoms with Crippen LogP contribution in [0.1, 0.15) is 11.1 Å². The molecule has 0 saturated carbocycles. The van der Waals surface area contributed by atoms with Crippen molar-refractivity contribution in [3.05, 3.63) is 64.4 Å². The third-order valence-electron chi connectivity index (χ3n) is 3.46. The molecule has 0 unspecified atom stereocenters. The van der Waals surface area contributed by atoms with Crippen LogP contribution in [-0.2, 0) is 0 Å². The van der Waals surface area contributed by atoms with E-state index in [-0.39, 0.29) is 18.0 Å². The first-order valence-corrected chi connectivity index (χ1v) is 7.31. The van der Waals surface area contributed by atoms with Crippen LogP contribution in [0.2, 0.25) is 5.02 Å². The van der Waals surface area contributed by atoms with Crippen LogP contribution in [0.4, 0.5) is 10.1 Å². The van der Waals surface area contributed by atoms with Gasteiger partial charge in [0.2, 0.25) is 5.71 Å². The van der Waals surface area contributed by atoms with Crippen molar-refractivity contribution in [1.29, 1.82) is 5.26 Å². The average molecular weight is 341 g/mol. The second kappa shape index (κ2) is 6.60. The average Bonchev–Trinajstić information content (AvgIpc) is 2.76. The first kappa shape index (κ1) is 15.8. The van der Waals surface area contributed by atoms with Gasteiger partial charge in [-0.25, -0.2) is 9.38 Å². The van der Waals surface area contributed by atoms with E-state index in [1.807, 2.05) is 0 Å². The predicted molar refractivity (Wildman–Crippen MR) is 90.3 cm³/mol. The first-order valence-electron chi connectivity index (χ1n) is 6.93. The van der Waals surface area contributed by atoms with Crippen molar-refractivity contribution in [2.75, 3.05) is 6.54 Å². The topological polar surface area (TPSA) is 81.1 Å². The Balaban J connectivity index is 2.24. The van der Waals surface area contributed by atoms with E-state index in [0.717, 1.165) is 0 Å². The van der Waals surface area contributed by atoms with Crippen molar-refractivity contribution < 1.29 is 9.60 Å². The fraction of sp³-hybridized carbons (Fsp3) is 0.0588. The van der Waals surface area contributed by atoms with Crippen molar-refractivity contribution in [3.63, 3.8) is 0 Å². The zero-order valence-corrected chi connectivity index (χ0v) is 13.0. The maximum absolute atomic E-state index is 14.2. The second-order valence-electron chi connectivity index (χ2n) is 4.93. The van der Waals surface area contributed by atoms with E-state index in [1.54, 1.807) is 42.5 Å². The van der Waals surface area contributed by atoms with Gasteiger partial charge < -0.3 is 5.21 Å². The van der Waals surface area contributed by atoms with E-state index in [9.17, 15) is 4.39 Å². The summed E-state index contributed by atoms with van der Waals surface area (Å²) in [4.78, 5) is 8.71. The van der Waals surface area contributed by atoms with Crippen LogP contribution in [0.25, 0.3) is 0 Å². The summed E-state index contributed by atoms with van der Waals surface area (Å²) in [6.07, 6.45) is 0. The summed E-state index contributed by atoms with van der Waals surface area (Å²) in [5.74, 6) is -0.429. The van der Waals surface area contributed by atoms with Crippen molar-refractivity contribution in [2.24, 2.45) is 15.1 Å². The van der Waals surface area contributed by atoms with E-state index in [4.69, 9.17) is 22.1 Å². The molecule has 118 valence electrons. The lowest BCUT2D eigenvalue weighted by Gasteiger charge is -2.09. The zero-order chi connectivity index (χ0) is 17.1. The molecule has 2 aromatic rings. The number of oxime groups is 1. The quantitative estimate of drug-likeness (QED) is 0.513. The number of rotatable bonds is 2. The summed E-state index contributed by atoms with van der Waals surface area (Å²) >= 11 is 6.06. The van der Waals surface area contributed by atoms with E-state index in [0.29, 0.717) is 27.5 Å². The number of fused-ring (bicyclic) bond motifs is 1. The molecule has 0 aliphatic carbocycles. The van der Waals surface area contributed by atoms with Crippen LogP contribution in [0.15, 0.2) is 57.6 Å². The Morgan fingerprint density at radius 1 is 1.25 bits per heavy atom. The highest BCUT2D eigenvalue weighted by Crippen LogP contribution is 2.29. The molecule has 0 atom stereocenters. The Morgan fingerprint density at radius 2 is 2.04 bits per heavy atom. The summed E-state index contributed by atoms with van der Waals surface area (Å²) in [6.45, 7) is -0.0249. The fourth-order valence-corrected chi connectivity index (χ4v) is 2.54. The molecule has 0 fully saturated rings. The molecule has 1 aliphatic heterocycles. The molecule has 0 aromatic heterocycles. The largest absolute Gasteiger partial charge is 0.410 e. The smallest absolute Gasteiger partial charge is 0.202 e. The Kier molecular flexibility index (Phi) is 4.36. The Hall–Kier alpha value is -3.04. The Bertz CT molecular complexity index is 944. The molecule has 5 nitrogen and oxygen atoms in total. The van der Waals surface area contributed by atoms with E-state index < -0.39 is 5.82 Å². The number of nitrogens with zero attached hydrogens (tertiary/aromatic N) is 4. The molecule has 0 saturated heterocycles. The third-order valence-corrected chi connectivity index (χ3v) is 3.70. The highest BCUT2D eigenvalue weighted by Gasteiger charge is 2.21. The predicted octanol–water partition coefficient (Wildman–Crippen LogP) is 3.76. The molecule has 0 amide bonds. The molecule has 0 bridgehead atoms. The van der Waals surface area contributed by atoms with Gasteiger partial charge in [-0.2, -0.15) is 5.26 Å². The molecule has 0 spiro atoms. The number of aliphatic imine (C=N–C) groups is 2. The normalized spacial score (nSPS) is 14.1. The molecule has 1 heterocycles. The lowest BCUT2D eigenvalue weighted by Crippen LogP contribution is -2.16. The van der Waals surface area contributed by atoms with Gasteiger partial charge in [0.15, 0.2) is 0 Å². The Labute approximate surface area is 142 Å². The first-order chi connectivity index (χ1) is 11.6. The fourth-order valence-electron chi connectivity index (χ4n) is 2.37. The van der Waals surface area contributed by atoms with E-state index in [1.165, 1.54) is 6.07 Å². The summed E-state index contributed by atoms with van der Waals surface area (Å²) < 4.78 is 14.2. The standard InChI is InChI=1S/C17H10ClFN4O/c18-10-5-6-14-12(7-10)17(11-3-1-2-4-13(11)19)21-9-16(22-14)15(8-20)23-24/h1-7,24H,9H2/b23-15-. The molecule has 1 N–H and O–H groups in total. The van der Waals surface area contributed by atoms with Gasteiger partial charge in [-0.15, -0.1) is 0 Å². The van der Waals surface area contributed by atoms with Crippen LogP contribution >= 0.6 is 11.6 Å². The monoisotopic (exact) mass is 340 g/mol. The maximum Gasteiger partial charge on any atom is 0.202 e. The summed E-state index contributed by atoms with van der Waals surface area (Å²) in [7, 11) is 0. The van der Waals surface area contributed by atoms with Crippen molar-refractivity contribution >= 4 is 34.4 Å². The molecule has 3 rings (SSSR count). The van der Waals surface area contributed by atoms with Crippen LogP contribution in [0.5, 0.6) is 0 Å². The number of halogens is 2. The molecular formula is C17H10ClFN4O. The van der Waals surface area contributed by atoms with Crippen LogP contribution < -0.4 is 0 Å². The third kappa shape index (κ3) is 2.90. The van der Waals surface area contributed by atoms with Crippen molar-refractivity contribution in [2.45, 2.75) is 0 Å². The maximum atomic E-state index is 14.2. The highest BCUT2D eigenvalue weighted by molar-refractivity contribution is 6.49.